The van der Waals surface area contributed by atoms with Gasteiger partial charge in [-0.05, 0) is 30.2 Å². The number of carbonyl (C=O) groups is 1. The van der Waals surface area contributed by atoms with Crippen molar-refractivity contribution < 1.29 is 14.3 Å². The van der Waals surface area contributed by atoms with Crippen molar-refractivity contribution in [3.63, 3.8) is 0 Å². The Labute approximate surface area is 100 Å². The standard InChI is InChI=1S/C13H15NO3/c1-16-13(15)10-2-3-12(14)11(8-10)9-4-6-17-7-5-9/h2-4,8H,5-7,14H2,1H3. The molecule has 0 aliphatic carbocycles. The number of anilines is 1. The molecular formula is C13H15NO3. The molecule has 1 heterocycles. The highest BCUT2D eigenvalue weighted by Gasteiger charge is 2.13. The van der Waals surface area contributed by atoms with Gasteiger partial charge in [0.25, 0.3) is 0 Å². The molecule has 17 heavy (non-hydrogen) atoms. The van der Waals surface area contributed by atoms with Gasteiger partial charge in [0.05, 0.1) is 25.9 Å². The molecule has 0 saturated carbocycles. The van der Waals surface area contributed by atoms with Crippen molar-refractivity contribution >= 4 is 17.2 Å². The predicted molar refractivity (Wildman–Crippen MR) is 65.6 cm³/mol. The van der Waals surface area contributed by atoms with Crippen molar-refractivity contribution in [3.05, 3.63) is 35.4 Å². The fraction of sp³-hybridized carbons (Fsp3) is 0.308. The number of hydrogen-bond donors (Lipinski definition) is 1. The first-order valence-corrected chi connectivity index (χ1v) is 5.47. The molecule has 0 bridgehead atoms. The zero-order chi connectivity index (χ0) is 12.3. The monoisotopic (exact) mass is 233 g/mol. The lowest BCUT2D eigenvalue weighted by Gasteiger charge is -2.16. The Morgan fingerprint density at radius 2 is 2.29 bits per heavy atom. The number of nitrogen functional groups attached to an aromatic ring is 1. The summed E-state index contributed by atoms with van der Waals surface area (Å²) in [6, 6.07) is 5.18. The third-order valence-corrected chi connectivity index (χ3v) is 2.78. The fourth-order valence-electron chi connectivity index (χ4n) is 1.85. The molecule has 1 aliphatic rings. The maximum absolute atomic E-state index is 11.5. The molecule has 90 valence electrons. The van der Waals surface area contributed by atoms with E-state index in [9.17, 15) is 4.79 Å². The molecule has 1 aromatic rings. The highest BCUT2D eigenvalue weighted by atomic mass is 16.5. The third kappa shape index (κ3) is 2.47. The van der Waals surface area contributed by atoms with Gasteiger partial charge in [0.2, 0.25) is 0 Å². The summed E-state index contributed by atoms with van der Waals surface area (Å²) in [5.41, 5.74) is 9.14. The molecule has 0 fully saturated rings. The Morgan fingerprint density at radius 3 is 2.94 bits per heavy atom. The van der Waals surface area contributed by atoms with Gasteiger partial charge < -0.3 is 15.2 Å². The number of benzene rings is 1. The van der Waals surface area contributed by atoms with Gasteiger partial charge in [0.1, 0.15) is 0 Å². The average Bonchev–Trinajstić information content (AvgIpc) is 2.39. The van der Waals surface area contributed by atoms with E-state index >= 15 is 0 Å². The Hall–Kier alpha value is -1.81. The molecule has 4 nitrogen and oxygen atoms in total. The van der Waals surface area contributed by atoms with E-state index in [4.69, 9.17) is 15.2 Å². The van der Waals surface area contributed by atoms with Crippen molar-refractivity contribution in [3.8, 4) is 0 Å². The van der Waals surface area contributed by atoms with Gasteiger partial charge >= 0.3 is 5.97 Å². The number of methoxy groups -OCH3 is 1. The molecule has 1 aromatic carbocycles. The van der Waals surface area contributed by atoms with Crippen molar-refractivity contribution in [1.82, 2.24) is 0 Å². The first-order chi connectivity index (χ1) is 8.22. The zero-order valence-electron chi connectivity index (χ0n) is 9.73. The summed E-state index contributed by atoms with van der Waals surface area (Å²) in [4.78, 5) is 11.5. The first-order valence-electron chi connectivity index (χ1n) is 5.47. The second-order valence-electron chi connectivity index (χ2n) is 3.85. The molecule has 4 heteroatoms. The quantitative estimate of drug-likeness (QED) is 0.625. The van der Waals surface area contributed by atoms with Crippen LogP contribution in [-0.2, 0) is 9.47 Å². The smallest absolute Gasteiger partial charge is 0.337 e. The molecular weight excluding hydrogens is 218 g/mol. The van der Waals surface area contributed by atoms with Crippen LogP contribution in [0.15, 0.2) is 24.3 Å². The minimum absolute atomic E-state index is 0.348. The second kappa shape index (κ2) is 5.01. The van der Waals surface area contributed by atoms with Gasteiger partial charge in [-0.1, -0.05) is 6.08 Å². The fourth-order valence-corrected chi connectivity index (χ4v) is 1.85. The SMILES string of the molecule is COC(=O)c1ccc(N)c(C2=CCOCC2)c1. The van der Waals surface area contributed by atoms with Crippen LogP contribution >= 0.6 is 0 Å². The number of nitrogens with two attached hydrogens (primary N) is 1. The molecule has 2 N–H and O–H groups in total. The van der Waals surface area contributed by atoms with Gasteiger partial charge in [0.15, 0.2) is 0 Å². The number of esters is 1. The van der Waals surface area contributed by atoms with Crippen LogP contribution in [0.1, 0.15) is 22.3 Å². The van der Waals surface area contributed by atoms with Crippen molar-refractivity contribution in [2.45, 2.75) is 6.42 Å². The van der Waals surface area contributed by atoms with Crippen LogP contribution in [0.5, 0.6) is 0 Å². The van der Waals surface area contributed by atoms with Gasteiger partial charge in [-0.15, -0.1) is 0 Å². The third-order valence-electron chi connectivity index (χ3n) is 2.78. The maximum Gasteiger partial charge on any atom is 0.337 e. The van der Waals surface area contributed by atoms with Crippen molar-refractivity contribution in [2.24, 2.45) is 0 Å². The van der Waals surface area contributed by atoms with Crippen LogP contribution in [0, 0.1) is 0 Å². The van der Waals surface area contributed by atoms with Crippen LogP contribution in [0.25, 0.3) is 5.57 Å². The Kier molecular flexibility index (Phi) is 3.44. The largest absolute Gasteiger partial charge is 0.465 e. The Morgan fingerprint density at radius 1 is 1.47 bits per heavy atom. The number of hydrogen-bond acceptors (Lipinski definition) is 4. The van der Waals surface area contributed by atoms with Gasteiger partial charge in [-0.25, -0.2) is 4.79 Å². The van der Waals surface area contributed by atoms with E-state index in [-0.39, 0.29) is 5.97 Å². The Balaban J connectivity index is 2.38. The van der Waals surface area contributed by atoms with Crippen molar-refractivity contribution in [1.29, 1.82) is 0 Å². The van der Waals surface area contributed by atoms with Gasteiger partial charge in [-0.3, -0.25) is 0 Å². The van der Waals surface area contributed by atoms with E-state index in [2.05, 4.69) is 0 Å². The van der Waals surface area contributed by atoms with E-state index in [1.807, 2.05) is 6.08 Å². The molecule has 0 saturated heterocycles. The lowest BCUT2D eigenvalue weighted by Crippen LogP contribution is -2.07. The van der Waals surface area contributed by atoms with E-state index in [1.54, 1.807) is 18.2 Å². The summed E-state index contributed by atoms with van der Waals surface area (Å²) in [5.74, 6) is -0.348. The molecule has 1 aliphatic heterocycles. The van der Waals surface area contributed by atoms with E-state index in [0.717, 1.165) is 17.6 Å². The van der Waals surface area contributed by atoms with E-state index in [1.165, 1.54) is 7.11 Å². The molecule has 0 atom stereocenters. The summed E-state index contributed by atoms with van der Waals surface area (Å²) in [5, 5.41) is 0. The molecule has 0 radical (unpaired) electrons. The van der Waals surface area contributed by atoms with Crippen LogP contribution in [0.2, 0.25) is 0 Å². The number of ether oxygens (including phenoxy) is 2. The normalized spacial score (nSPS) is 15.2. The van der Waals surface area contributed by atoms with Crippen molar-refractivity contribution in [2.75, 3.05) is 26.1 Å². The zero-order valence-corrected chi connectivity index (χ0v) is 9.73. The minimum Gasteiger partial charge on any atom is -0.465 e. The summed E-state index contributed by atoms with van der Waals surface area (Å²) >= 11 is 0. The summed E-state index contributed by atoms with van der Waals surface area (Å²) in [6.07, 6.45) is 2.81. The van der Waals surface area contributed by atoms with Gasteiger partial charge in [-0.2, -0.15) is 0 Å². The van der Waals surface area contributed by atoms with Crippen LogP contribution in [0.3, 0.4) is 0 Å². The van der Waals surface area contributed by atoms with E-state index < -0.39 is 0 Å². The average molecular weight is 233 g/mol. The lowest BCUT2D eigenvalue weighted by molar-refractivity contribution is 0.0601. The highest BCUT2D eigenvalue weighted by Crippen LogP contribution is 2.27. The summed E-state index contributed by atoms with van der Waals surface area (Å²) < 4.78 is 9.95. The molecule has 0 unspecified atom stereocenters. The summed E-state index contributed by atoms with van der Waals surface area (Å²) in [6.45, 7) is 1.28. The molecule has 0 spiro atoms. The number of rotatable bonds is 2. The van der Waals surface area contributed by atoms with Crippen LogP contribution < -0.4 is 5.73 Å². The van der Waals surface area contributed by atoms with Crippen LogP contribution in [-0.4, -0.2) is 26.3 Å². The summed E-state index contributed by atoms with van der Waals surface area (Å²) in [7, 11) is 1.37. The molecule has 0 aromatic heterocycles. The van der Waals surface area contributed by atoms with Crippen LogP contribution in [0.4, 0.5) is 5.69 Å². The Bertz CT molecular complexity index is 466. The predicted octanol–water partition coefficient (Wildman–Crippen LogP) is 1.86. The number of carbonyl (C=O) groups excluding carboxylic acids is 1. The lowest BCUT2D eigenvalue weighted by atomic mass is 9.98. The van der Waals surface area contributed by atoms with E-state index in [0.29, 0.717) is 24.5 Å². The topological polar surface area (TPSA) is 61.5 Å². The molecule has 0 amide bonds. The minimum atomic E-state index is -0.348. The highest BCUT2D eigenvalue weighted by molar-refractivity contribution is 5.92. The first kappa shape index (κ1) is 11.7. The maximum atomic E-state index is 11.5. The molecule has 2 rings (SSSR count). The second-order valence-corrected chi connectivity index (χ2v) is 3.85. The van der Waals surface area contributed by atoms with Gasteiger partial charge in [0, 0.05) is 11.3 Å².